The van der Waals surface area contributed by atoms with Crippen LogP contribution in [0, 0.1) is 5.92 Å². The van der Waals surface area contributed by atoms with Crippen molar-refractivity contribution in [3.05, 3.63) is 0 Å². The molecular formula is C15H28N2O2. The Bertz CT molecular complexity index is 303. The average Bonchev–Trinajstić information content (AvgIpc) is 2.37. The molecule has 0 aromatic carbocycles. The van der Waals surface area contributed by atoms with Gasteiger partial charge < -0.3 is 9.64 Å². The molecule has 0 aromatic heterocycles. The number of morpholine rings is 1. The first-order chi connectivity index (χ1) is 8.97. The van der Waals surface area contributed by atoms with Gasteiger partial charge in [-0.05, 0) is 52.6 Å². The molecule has 0 aromatic rings. The molecule has 3 unspecified atom stereocenters. The summed E-state index contributed by atoms with van der Waals surface area (Å²) in [6, 6.07) is 0.0185. The van der Waals surface area contributed by atoms with Crippen LogP contribution < -0.4 is 0 Å². The normalized spacial score (nSPS) is 32.3. The van der Waals surface area contributed by atoms with E-state index in [0.29, 0.717) is 0 Å². The summed E-state index contributed by atoms with van der Waals surface area (Å²) in [6.07, 6.45) is 2.74. The molecule has 0 bridgehead atoms. The molecule has 4 nitrogen and oxygen atoms in total. The van der Waals surface area contributed by atoms with Gasteiger partial charge in [0.25, 0.3) is 0 Å². The zero-order valence-electron chi connectivity index (χ0n) is 12.8. The first-order valence-electron chi connectivity index (χ1n) is 7.65. The van der Waals surface area contributed by atoms with Gasteiger partial charge in [-0.1, -0.05) is 6.92 Å². The van der Waals surface area contributed by atoms with Crippen LogP contribution in [0.2, 0.25) is 0 Å². The quantitative estimate of drug-likeness (QED) is 0.765. The number of carbonyl (C=O) groups is 1. The summed E-state index contributed by atoms with van der Waals surface area (Å²) < 4.78 is 5.70. The van der Waals surface area contributed by atoms with Gasteiger partial charge in [0, 0.05) is 13.1 Å². The average molecular weight is 268 g/mol. The first kappa shape index (κ1) is 14.8. The highest BCUT2D eigenvalue weighted by Crippen LogP contribution is 2.20. The number of ether oxygens (including phenoxy) is 1. The molecule has 0 N–H and O–H groups in total. The van der Waals surface area contributed by atoms with Crippen molar-refractivity contribution in [1.29, 1.82) is 0 Å². The molecule has 0 radical (unpaired) electrons. The van der Waals surface area contributed by atoms with E-state index in [2.05, 4.69) is 18.7 Å². The molecule has 2 heterocycles. The van der Waals surface area contributed by atoms with Crippen molar-refractivity contribution in [2.24, 2.45) is 5.92 Å². The lowest BCUT2D eigenvalue weighted by Crippen LogP contribution is -2.55. The van der Waals surface area contributed by atoms with E-state index in [1.807, 2.05) is 18.7 Å². The zero-order valence-corrected chi connectivity index (χ0v) is 12.8. The fourth-order valence-corrected chi connectivity index (χ4v) is 3.19. The predicted octanol–water partition coefficient (Wildman–Crippen LogP) is 1.74. The molecule has 2 fully saturated rings. The van der Waals surface area contributed by atoms with Crippen LogP contribution in [0.25, 0.3) is 0 Å². The molecule has 2 rings (SSSR count). The van der Waals surface area contributed by atoms with Gasteiger partial charge in [0.1, 0.15) is 0 Å². The fraction of sp³-hybridized carbons (Fsp3) is 0.933. The first-order valence-corrected chi connectivity index (χ1v) is 7.65. The molecule has 0 spiro atoms. The Morgan fingerprint density at radius 1 is 1.11 bits per heavy atom. The largest absolute Gasteiger partial charge is 0.372 e. The standard InChI is InChI=1S/C15H28N2O2/c1-11-5-7-16(8-6-11)14(4)15(18)17-9-12(2)19-13(3)10-17/h11-14H,5-10H2,1-4H3. The van der Waals surface area contributed by atoms with E-state index in [1.165, 1.54) is 12.8 Å². The van der Waals surface area contributed by atoms with E-state index in [-0.39, 0.29) is 24.2 Å². The summed E-state index contributed by atoms with van der Waals surface area (Å²) in [5, 5.41) is 0. The highest BCUT2D eigenvalue weighted by Gasteiger charge is 2.32. The summed E-state index contributed by atoms with van der Waals surface area (Å²) in [7, 11) is 0. The van der Waals surface area contributed by atoms with Crippen LogP contribution >= 0.6 is 0 Å². The maximum atomic E-state index is 12.6. The number of likely N-dealkylation sites (tertiary alicyclic amines) is 1. The molecule has 1 amide bonds. The Morgan fingerprint density at radius 3 is 2.16 bits per heavy atom. The van der Waals surface area contributed by atoms with Crippen molar-refractivity contribution in [1.82, 2.24) is 9.80 Å². The Balaban J connectivity index is 1.91. The van der Waals surface area contributed by atoms with Crippen LogP contribution in [0.15, 0.2) is 0 Å². The topological polar surface area (TPSA) is 32.8 Å². The molecule has 110 valence electrons. The Labute approximate surface area is 117 Å². The molecule has 19 heavy (non-hydrogen) atoms. The summed E-state index contributed by atoms with van der Waals surface area (Å²) in [5.41, 5.74) is 0. The molecule has 0 aliphatic carbocycles. The lowest BCUT2D eigenvalue weighted by molar-refractivity contribution is -0.148. The summed E-state index contributed by atoms with van der Waals surface area (Å²) in [6.45, 7) is 12.0. The van der Waals surface area contributed by atoms with Crippen LogP contribution in [-0.4, -0.2) is 60.1 Å². The van der Waals surface area contributed by atoms with Crippen molar-refractivity contribution in [3.63, 3.8) is 0 Å². The van der Waals surface area contributed by atoms with Crippen LogP contribution in [-0.2, 0) is 9.53 Å². The van der Waals surface area contributed by atoms with E-state index in [9.17, 15) is 4.79 Å². The van der Waals surface area contributed by atoms with Crippen molar-refractivity contribution in [2.75, 3.05) is 26.2 Å². The minimum atomic E-state index is 0.0185. The molecule has 3 atom stereocenters. The van der Waals surface area contributed by atoms with Gasteiger partial charge in [-0.25, -0.2) is 0 Å². The van der Waals surface area contributed by atoms with Crippen LogP contribution in [0.1, 0.15) is 40.5 Å². The summed E-state index contributed by atoms with van der Waals surface area (Å²) in [4.78, 5) is 16.9. The second-order valence-corrected chi connectivity index (χ2v) is 6.40. The van der Waals surface area contributed by atoms with Gasteiger partial charge >= 0.3 is 0 Å². The third kappa shape index (κ3) is 3.69. The van der Waals surface area contributed by atoms with E-state index >= 15 is 0 Å². The van der Waals surface area contributed by atoms with Gasteiger partial charge in [0.05, 0.1) is 18.2 Å². The lowest BCUT2D eigenvalue weighted by Gasteiger charge is -2.40. The molecular weight excluding hydrogens is 240 g/mol. The van der Waals surface area contributed by atoms with E-state index in [4.69, 9.17) is 4.74 Å². The lowest BCUT2D eigenvalue weighted by atomic mass is 9.98. The zero-order chi connectivity index (χ0) is 14.0. The number of piperidine rings is 1. The van der Waals surface area contributed by atoms with E-state index in [1.54, 1.807) is 0 Å². The summed E-state index contributed by atoms with van der Waals surface area (Å²) in [5.74, 6) is 1.08. The Morgan fingerprint density at radius 2 is 1.63 bits per heavy atom. The third-order valence-corrected chi connectivity index (χ3v) is 4.45. The smallest absolute Gasteiger partial charge is 0.239 e. The molecule has 2 aliphatic rings. The summed E-state index contributed by atoms with van der Waals surface area (Å²) >= 11 is 0. The van der Waals surface area contributed by atoms with E-state index in [0.717, 1.165) is 32.1 Å². The highest BCUT2D eigenvalue weighted by atomic mass is 16.5. The molecule has 2 saturated heterocycles. The third-order valence-electron chi connectivity index (χ3n) is 4.45. The molecule has 0 saturated carbocycles. The van der Waals surface area contributed by atoms with Crippen molar-refractivity contribution >= 4 is 5.91 Å². The van der Waals surface area contributed by atoms with Crippen LogP contribution in [0.3, 0.4) is 0 Å². The highest BCUT2D eigenvalue weighted by molar-refractivity contribution is 5.81. The monoisotopic (exact) mass is 268 g/mol. The number of amides is 1. The minimum Gasteiger partial charge on any atom is -0.372 e. The maximum absolute atomic E-state index is 12.6. The second kappa shape index (κ2) is 6.23. The maximum Gasteiger partial charge on any atom is 0.239 e. The van der Waals surface area contributed by atoms with Gasteiger partial charge in [0.15, 0.2) is 0 Å². The number of hydrogen-bond donors (Lipinski definition) is 0. The van der Waals surface area contributed by atoms with Gasteiger partial charge in [-0.15, -0.1) is 0 Å². The minimum absolute atomic E-state index is 0.0185. The molecule has 4 heteroatoms. The molecule has 2 aliphatic heterocycles. The number of carbonyl (C=O) groups excluding carboxylic acids is 1. The Hall–Kier alpha value is -0.610. The second-order valence-electron chi connectivity index (χ2n) is 6.40. The predicted molar refractivity (Wildman–Crippen MR) is 76.0 cm³/mol. The van der Waals surface area contributed by atoms with Crippen molar-refractivity contribution in [3.8, 4) is 0 Å². The number of nitrogens with zero attached hydrogens (tertiary/aromatic N) is 2. The number of hydrogen-bond acceptors (Lipinski definition) is 3. The fourth-order valence-electron chi connectivity index (χ4n) is 3.19. The van der Waals surface area contributed by atoms with Gasteiger partial charge in [-0.2, -0.15) is 0 Å². The SMILES string of the molecule is CC1CCN(C(C)C(=O)N2CC(C)OC(C)C2)CC1. The number of rotatable bonds is 2. The van der Waals surface area contributed by atoms with Crippen molar-refractivity contribution in [2.45, 2.75) is 58.8 Å². The van der Waals surface area contributed by atoms with Crippen LogP contribution in [0.4, 0.5) is 0 Å². The van der Waals surface area contributed by atoms with Gasteiger partial charge in [0.2, 0.25) is 5.91 Å². The van der Waals surface area contributed by atoms with Gasteiger partial charge in [-0.3, -0.25) is 9.69 Å². The van der Waals surface area contributed by atoms with E-state index < -0.39 is 0 Å². The van der Waals surface area contributed by atoms with Crippen LogP contribution in [0.5, 0.6) is 0 Å². The Kier molecular flexibility index (Phi) is 4.85. The van der Waals surface area contributed by atoms with Crippen molar-refractivity contribution < 1.29 is 9.53 Å².